The number of fused-ring (bicyclic) bond motifs is 2. The number of hydrogen-bond donors (Lipinski definition) is 1. The van der Waals surface area contributed by atoms with Gasteiger partial charge in [0.2, 0.25) is 11.8 Å². The lowest BCUT2D eigenvalue weighted by molar-refractivity contribution is -0.126. The number of nitrogens with one attached hydrogen (secondary N) is 1. The molecule has 150 valence electrons. The van der Waals surface area contributed by atoms with E-state index in [4.69, 9.17) is 0 Å². The zero-order valence-electron chi connectivity index (χ0n) is 16.4. The number of carbonyl (C=O) groups is 3. The topological polar surface area (TPSA) is 69.7 Å². The van der Waals surface area contributed by atoms with Crippen LogP contribution < -0.4 is 10.2 Å². The number of amides is 3. The lowest BCUT2D eigenvalue weighted by Gasteiger charge is -2.27. The van der Waals surface area contributed by atoms with Gasteiger partial charge in [0.15, 0.2) is 0 Å². The Hall–Kier alpha value is -2.37. The number of para-hydroxylation sites is 1. The van der Waals surface area contributed by atoms with E-state index in [0.717, 1.165) is 32.1 Å². The molecule has 1 atom stereocenters. The maximum Gasteiger partial charge on any atom is 0.256 e. The van der Waals surface area contributed by atoms with E-state index < -0.39 is 6.04 Å². The van der Waals surface area contributed by atoms with Gasteiger partial charge in [0.25, 0.3) is 5.91 Å². The average molecular weight is 383 g/mol. The summed E-state index contributed by atoms with van der Waals surface area (Å²) in [5, 5.41) is 3.15. The Morgan fingerprint density at radius 2 is 1.68 bits per heavy atom. The standard InChI is InChI=1S/C22H29N3O3/c26-20(23-16-9-4-2-1-3-5-10-16)15-25-18-12-7-6-11-17(18)21(27)24-14-8-13-19(24)22(25)28/h6-7,11-12,16,19H,1-5,8-10,13-15H2,(H,23,26)/t19-/m0/s1. The van der Waals surface area contributed by atoms with E-state index in [1.165, 1.54) is 24.2 Å². The first kappa shape index (κ1) is 19.0. The van der Waals surface area contributed by atoms with Crippen molar-refractivity contribution in [3.63, 3.8) is 0 Å². The van der Waals surface area contributed by atoms with Crippen molar-refractivity contribution in [3.8, 4) is 0 Å². The highest BCUT2D eigenvalue weighted by molar-refractivity contribution is 6.12. The molecule has 3 amide bonds. The summed E-state index contributed by atoms with van der Waals surface area (Å²) in [5.41, 5.74) is 1.07. The predicted molar refractivity (Wildman–Crippen MR) is 107 cm³/mol. The quantitative estimate of drug-likeness (QED) is 0.873. The molecule has 1 aromatic rings. The molecule has 2 fully saturated rings. The van der Waals surface area contributed by atoms with Crippen LogP contribution in [0, 0.1) is 0 Å². The lowest BCUT2D eigenvalue weighted by atomic mass is 9.97. The third kappa shape index (κ3) is 3.77. The van der Waals surface area contributed by atoms with Gasteiger partial charge in [0.05, 0.1) is 11.3 Å². The van der Waals surface area contributed by atoms with Crippen molar-refractivity contribution < 1.29 is 14.4 Å². The third-order valence-electron chi connectivity index (χ3n) is 6.26. The first-order valence-electron chi connectivity index (χ1n) is 10.7. The van der Waals surface area contributed by atoms with E-state index in [1.54, 1.807) is 17.0 Å². The van der Waals surface area contributed by atoms with Gasteiger partial charge in [0.1, 0.15) is 12.6 Å². The molecule has 0 unspecified atom stereocenters. The van der Waals surface area contributed by atoms with Crippen molar-refractivity contribution in [1.82, 2.24) is 10.2 Å². The molecule has 1 saturated heterocycles. The van der Waals surface area contributed by atoms with Gasteiger partial charge >= 0.3 is 0 Å². The van der Waals surface area contributed by atoms with Crippen LogP contribution in [-0.4, -0.2) is 47.8 Å². The lowest BCUT2D eigenvalue weighted by Crippen LogP contribution is -2.49. The van der Waals surface area contributed by atoms with Gasteiger partial charge in [-0.2, -0.15) is 0 Å². The van der Waals surface area contributed by atoms with Gasteiger partial charge in [0, 0.05) is 12.6 Å². The van der Waals surface area contributed by atoms with Crippen LogP contribution in [0.25, 0.3) is 0 Å². The van der Waals surface area contributed by atoms with Crippen LogP contribution in [0.2, 0.25) is 0 Å². The summed E-state index contributed by atoms with van der Waals surface area (Å²) in [5.74, 6) is -0.370. The molecule has 0 radical (unpaired) electrons. The molecular weight excluding hydrogens is 354 g/mol. The Bertz CT molecular complexity index is 755. The largest absolute Gasteiger partial charge is 0.352 e. The molecule has 4 rings (SSSR count). The minimum absolute atomic E-state index is 0.0238. The van der Waals surface area contributed by atoms with Gasteiger partial charge in [-0.1, -0.05) is 44.2 Å². The maximum atomic E-state index is 13.2. The maximum absolute atomic E-state index is 13.2. The smallest absolute Gasteiger partial charge is 0.256 e. The molecule has 2 aliphatic heterocycles. The Balaban J connectivity index is 1.53. The van der Waals surface area contributed by atoms with Gasteiger partial charge < -0.3 is 15.1 Å². The Morgan fingerprint density at radius 1 is 0.964 bits per heavy atom. The molecule has 1 N–H and O–H groups in total. The number of nitrogens with zero attached hydrogens (tertiary/aromatic N) is 2. The zero-order chi connectivity index (χ0) is 19.5. The molecule has 0 spiro atoms. The van der Waals surface area contributed by atoms with E-state index >= 15 is 0 Å². The van der Waals surface area contributed by atoms with Gasteiger partial charge in [-0.3, -0.25) is 14.4 Å². The number of rotatable bonds is 3. The molecule has 2 heterocycles. The number of benzene rings is 1. The molecule has 6 heteroatoms. The highest BCUT2D eigenvalue weighted by Gasteiger charge is 2.42. The predicted octanol–water partition coefficient (Wildman–Crippen LogP) is 2.87. The summed E-state index contributed by atoms with van der Waals surface area (Å²) in [7, 11) is 0. The normalized spacial score (nSPS) is 23.5. The third-order valence-corrected chi connectivity index (χ3v) is 6.26. The highest BCUT2D eigenvalue weighted by Crippen LogP contribution is 2.32. The van der Waals surface area contributed by atoms with Crippen molar-refractivity contribution >= 4 is 23.4 Å². The first-order chi connectivity index (χ1) is 13.6. The molecule has 6 nitrogen and oxygen atoms in total. The Kier molecular flexibility index (Phi) is 5.64. The molecule has 1 aliphatic carbocycles. The molecule has 1 aromatic carbocycles. The molecule has 28 heavy (non-hydrogen) atoms. The van der Waals surface area contributed by atoms with E-state index in [9.17, 15) is 14.4 Å². The minimum Gasteiger partial charge on any atom is -0.352 e. The summed E-state index contributed by atoms with van der Waals surface area (Å²) in [6, 6.07) is 6.89. The average Bonchev–Trinajstić information content (AvgIpc) is 3.14. The van der Waals surface area contributed by atoms with Crippen molar-refractivity contribution in [1.29, 1.82) is 0 Å². The molecule has 0 aromatic heterocycles. The molecular formula is C22H29N3O3. The second-order valence-corrected chi connectivity index (χ2v) is 8.21. The van der Waals surface area contributed by atoms with E-state index in [-0.39, 0.29) is 30.3 Å². The van der Waals surface area contributed by atoms with Crippen molar-refractivity contribution in [2.24, 2.45) is 0 Å². The molecule has 3 aliphatic rings. The number of carbonyl (C=O) groups excluding carboxylic acids is 3. The summed E-state index contributed by atoms with van der Waals surface area (Å²) in [4.78, 5) is 42.2. The van der Waals surface area contributed by atoms with Crippen molar-refractivity contribution in [2.45, 2.75) is 69.9 Å². The summed E-state index contributed by atoms with van der Waals surface area (Å²) >= 11 is 0. The van der Waals surface area contributed by atoms with E-state index in [1.807, 2.05) is 12.1 Å². The second-order valence-electron chi connectivity index (χ2n) is 8.21. The number of hydrogen-bond acceptors (Lipinski definition) is 3. The minimum atomic E-state index is -0.450. The fraction of sp³-hybridized carbons (Fsp3) is 0.591. The second kappa shape index (κ2) is 8.33. The van der Waals surface area contributed by atoms with Crippen LogP contribution in [0.3, 0.4) is 0 Å². The molecule has 1 saturated carbocycles. The fourth-order valence-corrected chi connectivity index (χ4v) is 4.79. The van der Waals surface area contributed by atoms with E-state index in [0.29, 0.717) is 24.2 Å². The summed E-state index contributed by atoms with van der Waals surface area (Å²) in [6.07, 6.45) is 9.52. The van der Waals surface area contributed by atoms with Crippen molar-refractivity contribution in [2.75, 3.05) is 18.0 Å². The van der Waals surface area contributed by atoms with Crippen LogP contribution in [0.5, 0.6) is 0 Å². The summed E-state index contributed by atoms with van der Waals surface area (Å²) < 4.78 is 0. The van der Waals surface area contributed by atoms with Gasteiger partial charge in [-0.25, -0.2) is 0 Å². The Morgan fingerprint density at radius 3 is 2.46 bits per heavy atom. The zero-order valence-corrected chi connectivity index (χ0v) is 16.4. The van der Waals surface area contributed by atoms with Gasteiger partial charge in [-0.05, 0) is 37.8 Å². The van der Waals surface area contributed by atoms with Crippen LogP contribution in [-0.2, 0) is 9.59 Å². The van der Waals surface area contributed by atoms with Crippen LogP contribution >= 0.6 is 0 Å². The van der Waals surface area contributed by atoms with Gasteiger partial charge in [-0.15, -0.1) is 0 Å². The van der Waals surface area contributed by atoms with E-state index in [2.05, 4.69) is 5.32 Å². The summed E-state index contributed by atoms with van der Waals surface area (Å²) in [6.45, 7) is 0.579. The first-order valence-corrected chi connectivity index (χ1v) is 10.7. The fourth-order valence-electron chi connectivity index (χ4n) is 4.79. The van der Waals surface area contributed by atoms with Crippen LogP contribution in [0.1, 0.15) is 68.1 Å². The number of anilines is 1. The van der Waals surface area contributed by atoms with Crippen molar-refractivity contribution in [3.05, 3.63) is 29.8 Å². The highest BCUT2D eigenvalue weighted by atomic mass is 16.2. The van der Waals surface area contributed by atoms with Crippen LogP contribution in [0.4, 0.5) is 5.69 Å². The SMILES string of the molecule is O=C(CN1C(=O)[C@@H]2CCCN2C(=O)c2ccccc21)NC1CCCCCCC1. The van der Waals surface area contributed by atoms with Crippen LogP contribution in [0.15, 0.2) is 24.3 Å². The Labute approximate surface area is 166 Å². The molecule has 0 bridgehead atoms. The monoisotopic (exact) mass is 383 g/mol.